The standard InChI is InChI=1S/C15H20N2O3/c1-11(10-20-2)16-15(19)8-17-6-5-13-7-12(9-18)3-4-14(13)17/h3-7,11,18H,8-10H2,1-2H3,(H,16,19). The molecular formula is C15H20N2O3. The molecule has 0 saturated carbocycles. The number of fused-ring (bicyclic) bond motifs is 1. The molecule has 0 saturated heterocycles. The molecular weight excluding hydrogens is 256 g/mol. The van der Waals surface area contributed by atoms with E-state index in [1.54, 1.807) is 7.11 Å². The average Bonchev–Trinajstić information content (AvgIpc) is 2.81. The number of hydrogen-bond acceptors (Lipinski definition) is 3. The lowest BCUT2D eigenvalue weighted by molar-refractivity contribution is -0.122. The van der Waals surface area contributed by atoms with Crippen LogP contribution in [0, 0.1) is 0 Å². The van der Waals surface area contributed by atoms with Gasteiger partial charge in [0.15, 0.2) is 0 Å². The molecule has 1 atom stereocenters. The monoisotopic (exact) mass is 276 g/mol. The van der Waals surface area contributed by atoms with Gasteiger partial charge in [-0.2, -0.15) is 0 Å². The molecule has 0 spiro atoms. The number of carbonyl (C=O) groups is 1. The molecule has 20 heavy (non-hydrogen) atoms. The highest BCUT2D eigenvalue weighted by molar-refractivity contribution is 5.83. The number of aliphatic hydroxyl groups excluding tert-OH is 1. The molecule has 0 bridgehead atoms. The summed E-state index contributed by atoms with van der Waals surface area (Å²) >= 11 is 0. The summed E-state index contributed by atoms with van der Waals surface area (Å²) in [5.74, 6) is -0.0433. The molecule has 108 valence electrons. The summed E-state index contributed by atoms with van der Waals surface area (Å²) in [6.07, 6.45) is 1.88. The third kappa shape index (κ3) is 3.37. The number of carbonyl (C=O) groups excluding carboxylic acids is 1. The maximum atomic E-state index is 11.9. The van der Waals surface area contributed by atoms with Crippen molar-refractivity contribution in [3.05, 3.63) is 36.0 Å². The van der Waals surface area contributed by atoms with E-state index in [0.29, 0.717) is 6.61 Å². The Balaban J connectivity index is 2.08. The number of rotatable bonds is 6. The van der Waals surface area contributed by atoms with E-state index in [4.69, 9.17) is 9.84 Å². The summed E-state index contributed by atoms with van der Waals surface area (Å²) in [6, 6.07) is 7.66. The van der Waals surface area contributed by atoms with Crippen LogP contribution in [0.5, 0.6) is 0 Å². The predicted octanol–water partition coefficient (Wildman–Crippen LogP) is 1.28. The quantitative estimate of drug-likeness (QED) is 0.835. The smallest absolute Gasteiger partial charge is 0.240 e. The first-order valence-corrected chi connectivity index (χ1v) is 6.61. The Morgan fingerprint density at radius 2 is 2.25 bits per heavy atom. The second-order valence-electron chi connectivity index (χ2n) is 4.92. The van der Waals surface area contributed by atoms with Crippen molar-refractivity contribution in [1.82, 2.24) is 9.88 Å². The van der Waals surface area contributed by atoms with E-state index in [1.165, 1.54) is 0 Å². The largest absolute Gasteiger partial charge is 0.392 e. The third-order valence-corrected chi connectivity index (χ3v) is 3.16. The number of methoxy groups -OCH3 is 1. The number of benzene rings is 1. The Morgan fingerprint density at radius 3 is 2.95 bits per heavy atom. The molecule has 1 heterocycles. The summed E-state index contributed by atoms with van der Waals surface area (Å²) in [7, 11) is 1.61. The fraction of sp³-hybridized carbons (Fsp3) is 0.400. The highest BCUT2D eigenvalue weighted by Crippen LogP contribution is 2.17. The number of ether oxygens (including phenoxy) is 1. The molecule has 0 aliphatic rings. The van der Waals surface area contributed by atoms with Gasteiger partial charge in [-0.1, -0.05) is 6.07 Å². The van der Waals surface area contributed by atoms with Gasteiger partial charge in [-0.25, -0.2) is 0 Å². The maximum absolute atomic E-state index is 11.9. The minimum Gasteiger partial charge on any atom is -0.392 e. The van der Waals surface area contributed by atoms with Crippen LogP contribution < -0.4 is 5.32 Å². The minimum absolute atomic E-state index is 0.00434. The molecule has 0 aliphatic heterocycles. The molecule has 2 N–H and O–H groups in total. The Labute approximate surface area is 118 Å². The first kappa shape index (κ1) is 14.6. The van der Waals surface area contributed by atoms with Crippen LogP contribution in [0.3, 0.4) is 0 Å². The number of hydrogen-bond donors (Lipinski definition) is 2. The summed E-state index contributed by atoms with van der Waals surface area (Å²) in [6.45, 7) is 2.70. The van der Waals surface area contributed by atoms with E-state index in [1.807, 2.05) is 42.0 Å². The topological polar surface area (TPSA) is 63.5 Å². The van der Waals surface area contributed by atoms with E-state index in [0.717, 1.165) is 16.5 Å². The fourth-order valence-corrected chi connectivity index (χ4v) is 2.25. The van der Waals surface area contributed by atoms with Crippen molar-refractivity contribution in [3.8, 4) is 0 Å². The van der Waals surface area contributed by atoms with Crippen LogP contribution in [-0.2, 0) is 22.7 Å². The molecule has 0 fully saturated rings. The predicted molar refractivity (Wildman–Crippen MR) is 77.3 cm³/mol. The van der Waals surface area contributed by atoms with E-state index < -0.39 is 0 Å². The third-order valence-electron chi connectivity index (χ3n) is 3.16. The second-order valence-corrected chi connectivity index (χ2v) is 4.92. The molecule has 5 nitrogen and oxygen atoms in total. The van der Waals surface area contributed by atoms with Crippen LogP contribution >= 0.6 is 0 Å². The first-order chi connectivity index (χ1) is 9.63. The summed E-state index contributed by atoms with van der Waals surface area (Å²) in [5, 5.41) is 13.0. The second kappa shape index (κ2) is 6.54. The van der Waals surface area contributed by atoms with Crippen molar-refractivity contribution in [1.29, 1.82) is 0 Å². The lowest BCUT2D eigenvalue weighted by Gasteiger charge is -2.13. The average molecular weight is 276 g/mol. The number of amides is 1. The molecule has 2 aromatic rings. The summed E-state index contributed by atoms with van der Waals surface area (Å²) < 4.78 is 6.88. The number of aromatic nitrogens is 1. The van der Waals surface area contributed by atoms with Crippen molar-refractivity contribution < 1.29 is 14.6 Å². The molecule has 5 heteroatoms. The van der Waals surface area contributed by atoms with Crippen LogP contribution in [0.2, 0.25) is 0 Å². The van der Waals surface area contributed by atoms with Gasteiger partial charge in [0.05, 0.1) is 13.2 Å². The molecule has 0 radical (unpaired) electrons. The Bertz CT molecular complexity index is 592. The Morgan fingerprint density at radius 1 is 1.45 bits per heavy atom. The first-order valence-electron chi connectivity index (χ1n) is 6.61. The van der Waals surface area contributed by atoms with Gasteiger partial charge in [-0.15, -0.1) is 0 Å². The molecule has 1 aromatic heterocycles. The lowest BCUT2D eigenvalue weighted by atomic mass is 10.2. The van der Waals surface area contributed by atoms with Crippen molar-refractivity contribution in [2.24, 2.45) is 0 Å². The zero-order chi connectivity index (χ0) is 14.5. The van der Waals surface area contributed by atoms with Gasteiger partial charge in [0.1, 0.15) is 6.54 Å². The summed E-state index contributed by atoms with van der Waals surface area (Å²) in [4.78, 5) is 11.9. The lowest BCUT2D eigenvalue weighted by Crippen LogP contribution is -2.37. The van der Waals surface area contributed by atoms with Crippen LogP contribution in [0.15, 0.2) is 30.5 Å². The van der Waals surface area contributed by atoms with Gasteiger partial charge in [0.2, 0.25) is 5.91 Å². The summed E-state index contributed by atoms with van der Waals surface area (Å²) in [5.41, 5.74) is 1.85. The van der Waals surface area contributed by atoms with Crippen molar-refractivity contribution in [2.75, 3.05) is 13.7 Å². The van der Waals surface area contributed by atoms with Crippen LogP contribution in [0.1, 0.15) is 12.5 Å². The maximum Gasteiger partial charge on any atom is 0.240 e. The number of nitrogens with one attached hydrogen (secondary N) is 1. The van der Waals surface area contributed by atoms with Crippen LogP contribution in [0.4, 0.5) is 0 Å². The molecule has 1 unspecified atom stereocenters. The molecule has 1 amide bonds. The molecule has 2 rings (SSSR count). The van der Waals surface area contributed by atoms with Crippen LogP contribution in [0.25, 0.3) is 10.9 Å². The minimum atomic E-state index is -0.0433. The fourth-order valence-electron chi connectivity index (χ4n) is 2.25. The van der Waals surface area contributed by atoms with Crippen molar-refractivity contribution >= 4 is 16.8 Å². The zero-order valence-electron chi connectivity index (χ0n) is 11.8. The van der Waals surface area contributed by atoms with E-state index in [9.17, 15) is 4.79 Å². The van der Waals surface area contributed by atoms with Gasteiger partial charge in [-0.3, -0.25) is 4.79 Å². The number of aliphatic hydroxyl groups is 1. The Kier molecular flexibility index (Phi) is 4.76. The van der Waals surface area contributed by atoms with Crippen molar-refractivity contribution in [2.45, 2.75) is 26.1 Å². The van der Waals surface area contributed by atoms with Gasteiger partial charge < -0.3 is 19.7 Å². The van der Waals surface area contributed by atoms with Gasteiger partial charge in [0, 0.05) is 24.9 Å². The van der Waals surface area contributed by atoms with Crippen molar-refractivity contribution in [3.63, 3.8) is 0 Å². The SMILES string of the molecule is COCC(C)NC(=O)Cn1ccc2cc(CO)ccc21. The number of nitrogens with zero attached hydrogens (tertiary/aromatic N) is 1. The normalized spacial score (nSPS) is 12.6. The van der Waals surface area contributed by atoms with E-state index in [2.05, 4.69) is 5.32 Å². The van der Waals surface area contributed by atoms with Gasteiger partial charge in [-0.05, 0) is 36.1 Å². The van der Waals surface area contributed by atoms with Gasteiger partial charge in [0.25, 0.3) is 0 Å². The molecule has 1 aromatic carbocycles. The molecule has 0 aliphatic carbocycles. The van der Waals surface area contributed by atoms with Crippen LogP contribution in [-0.4, -0.2) is 35.3 Å². The van der Waals surface area contributed by atoms with E-state index >= 15 is 0 Å². The van der Waals surface area contributed by atoms with E-state index in [-0.39, 0.29) is 25.1 Å². The van der Waals surface area contributed by atoms with Gasteiger partial charge >= 0.3 is 0 Å². The zero-order valence-corrected chi connectivity index (χ0v) is 11.8. The highest BCUT2D eigenvalue weighted by atomic mass is 16.5. The highest BCUT2D eigenvalue weighted by Gasteiger charge is 2.09. The Hall–Kier alpha value is -1.85.